The van der Waals surface area contributed by atoms with Crippen LogP contribution in [0.15, 0.2) is 72.8 Å². The van der Waals surface area contributed by atoms with Gasteiger partial charge in [0.15, 0.2) is 0 Å². The smallest absolute Gasteiger partial charge is 0.0320 e. The molecule has 29 heavy (non-hydrogen) atoms. The van der Waals surface area contributed by atoms with Crippen molar-refractivity contribution in [1.29, 1.82) is 0 Å². The zero-order chi connectivity index (χ0) is 19.4. The molecule has 0 unspecified atom stereocenters. The van der Waals surface area contributed by atoms with E-state index in [2.05, 4.69) is 24.3 Å². The highest BCUT2D eigenvalue weighted by molar-refractivity contribution is 7.59. The Kier molecular flexibility index (Phi) is 4.40. The summed E-state index contributed by atoms with van der Waals surface area (Å²) in [4.78, 5) is 0. The zero-order valence-corrected chi connectivity index (χ0v) is 16.7. The molecule has 0 saturated carbocycles. The van der Waals surface area contributed by atoms with Crippen LogP contribution < -0.4 is 22.9 Å². The van der Waals surface area contributed by atoms with Crippen LogP contribution in [0.5, 0.6) is 0 Å². The molecular weight excluding hydrogens is 376 g/mol. The minimum Gasteiger partial charge on any atom is -0.399 e. The molecule has 0 aliphatic heterocycles. The predicted octanol–water partition coefficient (Wildman–Crippen LogP) is 5.11. The van der Waals surface area contributed by atoms with E-state index in [1.54, 1.807) is 0 Å². The third-order valence-electron chi connectivity index (χ3n) is 5.34. The van der Waals surface area contributed by atoms with E-state index in [1.807, 2.05) is 48.5 Å². The number of hydrogen-bond acceptors (Lipinski definition) is 4. The monoisotopic (exact) mass is 398 g/mol. The Bertz CT molecular complexity index is 1070. The molecule has 2 aliphatic rings. The van der Waals surface area contributed by atoms with Gasteiger partial charge in [-0.05, 0) is 93.0 Å². The molecular formula is C24H22N4S. The van der Waals surface area contributed by atoms with E-state index in [0.717, 1.165) is 22.7 Å². The number of nitrogens with two attached hydrogens (primary N) is 4. The largest absolute Gasteiger partial charge is 0.399 e. The Morgan fingerprint density at radius 1 is 0.310 bits per heavy atom. The molecule has 4 nitrogen and oxygen atoms in total. The van der Waals surface area contributed by atoms with Gasteiger partial charge in [0.25, 0.3) is 0 Å². The lowest BCUT2D eigenvalue weighted by Gasteiger charge is -2.24. The SMILES string of the molecule is Nc1ccc2c(c1)-c1cc(N)ccc1-2.Nc1ccc2c(c1)-c1cc(N)ccc1-2.S. The van der Waals surface area contributed by atoms with Crippen molar-refractivity contribution in [3.63, 3.8) is 0 Å². The number of rotatable bonds is 0. The van der Waals surface area contributed by atoms with Crippen molar-refractivity contribution in [3.05, 3.63) is 72.8 Å². The first kappa shape index (κ1) is 18.8. The second-order valence-corrected chi connectivity index (χ2v) is 7.22. The van der Waals surface area contributed by atoms with Gasteiger partial charge in [0.2, 0.25) is 0 Å². The fourth-order valence-corrected chi connectivity index (χ4v) is 3.95. The summed E-state index contributed by atoms with van der Waals surface area (Å²) in [6.45, 7) is 0. The van der Waals surface area contributed by atoms with Crippen LogP contribution in [0, 0.1) is 0 Å². The third kappa shape index (κ3) is 2.96. The van der Waals surface area contributed by atoms with Crippen LogP contribution in [0.1, 0.15) is 0 Å². The zero-order valence-electron chi connectivity index (χ0n) is 15.7. The highest BCUT2D eigenvalue weighted by atomic mass is 32.1. The lowest BCUT2D eigenvalue weighted by Crippen LogP contribution is -2.00. The molecule has 5 heteroatoms. The van der Waals surface area contributed by atoms with E-state index < -0.39 is 0 Å². The first-order valence-corrected chi connectivity index (χ1v) is 9.11. The van der Waals surface area contributed by atoms with Crippen LogP contribution in [-0.2, 0) is 0 Å². The molecule has 0 fully saturated rings. The highest BCUT2D eigenvalue weighted by Gasteiger charge is 2.22. The summed E-state index contributed by atoms with van der Waals surface area (Å²) in [6.07, 6.45) is 0. The standard InChI is InChI=1S/2C12H10N2.H2S/c2*13-7-1-3-9-10-4-2-8(14)6-12(10)11(9)5-7;/h2*1-6H,13-14H2;1H2. The maximum atomic E-state index is 5.73. The molecule has 0 amide bonds. The van der Waals surface area contributed by atoms with E-state index >= 15 is 0 Å². The molecule has 0 radical (unpaired) electrons. The lowest BCUT2D eigenvalue weighted by atomic mass is 9.80. The van der Waals surface area contributed by atoms with Gasteiger partial charge in [-0.1, -0.05) is 24.3 Å². The minimum atomic E-state index is 0. The van der Waals surface area contributed by atoms with Crippen molar-refractivity contribution >= 4 is 36.2 Å². The van der Waals surface area contributed by atoms with Crippen LogP contribution in [0.4, 0.5) is 22.7 Å². The van der Waals surface area contributed by atoms with Crippen molar-refractivity contribution in [1.82, 2.24) is 0 Å². The summed E-state index contributed by atoms with van der Waals surface area (Å²) in [5.74, 6) is 0. The molecule has 0 bridgehead atoms. The summed E-state index contributed by atoms with van der Waals surface area (Å²) >= 11 is 0. The Labute approximate surface area is 176 Å². The van der Waals surface area contributed by atoms with Gasteiger partial charge in [-0.3, -0.25) is 0 Å². The second kappa shape index (κ2) is 6.79. The van der Waals surface area contributed by atoms with Gasteiger partial charge in [0.05, 0.1) is 0 Å². The van der Waals surface area contributed by atoms with Crippen molar-refractivity contribution in [2.45, 2.75) is 0 Å². The van der Waals surface area contributed by atoms with E-state index in [1.165, 1.54) is 44.5 Å². The highest BCUT2D eigenvalue weighted by Crippen LogP contribution is 2.49. The van der Waals surface area contributed by atoms with E-state index in [9.17, 15) is 0 Å². The fraction of sp³-hybridized carbons (Fsp3) is 0. The van der Waals surface area contributed by atoms with Crippen LogP contribution in [-0.4, -0.2) is 0 Å². The van der Waals surface area contributed by atoms with Crippen LogP contribution in [0.25, 0.3) is 44.5 Å². The average molecular weight is 399 g/mol. The maximum Gasteiger partial charge on any atom is 0.0320 e. The Morgan fingerprint density at radius 3 is 0.724 bits per heavy atom. The van der Waals surface area contributed by atoms with E-state index in [4.69, 9.17) is 22.9 Å². The van der Waals surface area contributed by atoms with Crippen molar-refractivity contribution in [3.8, 4) is 44.5 Å². The molecule has 0 heterocycles. The Morgan fingerprint density at radius 2 is 0.517 bits per heavy atom. The molecule has 0 saturated heterocycles. The van der Waals surface area contributed by atoms with Crippen LogP contribution in [0.3, 0.4) is 0 Å². The van der Waals surface area contributed by atoms with Crippen molar-refractivity contribution in [2.75, 3.05) is 22.9 Å². The Balaban J connectivity index is 0.000000137. The summed E-state index contributed by atoms with van der Waals surface area (Å²) in [5.41, 5.74) is 36.1. The molecule has 144 valence electrons. The summed E-state index contributed by atoms with van der Waals surface area (Å²) in [6, 6.07) is 23.9. The molecule has 4 aromatic carbocycles. The van der Waals surface area contributed by atoms with Gasteiger partial charge < -0.3 is 22.9 Å². The first-order chi connectivity index (χ1) is 13.5. The summed E-state index contributed by atoms with van der Waals surface area (Å²) in [7, 11) is 0. The third-order valence-corrected chi connectivity index (χ3v) is 5.34. The number of benzene rings is 4. The normalized spacial score (nSPS) is 11.0. The Hall–Kier alpha value is -3.57. The first-order valence-electron chi connectivity index (χ1n) is 9.11. The number of fused-ring (bicyclic) bond motifs is 8. The van der Waals surface area contributed by atoms with E-state index in [0.29, 0.717) is 0 Å². The molecule has 0 atom stereocenters. The van der Waals surface area contributed by atoms with Crippen molar-refractivity contribution in [2.24, 2.45) is 0 Å². The number of nitrogen functional groups attached to an aromatic ring is 4. The number of hydrogen-bond donors (Lipinski definition) is 4. The molecule has 6 rings (SSSR count). The summed E-state index contributed by atoms with van der Waals surface area (Å²) in [5, 5.41) is 0. The summed E-state index contributed by atoms with van der Waals surface area (Å²) < 4.78 is 0. The van der Waals surface area contributed by atoms with Gasteiger partial charge in [0, 0.05) is 22.7 Å². The minimum absolute atomic E-state index is 0. The molecule has 0 spiro atoms. The lowest BCUT2D eigenvalue weighted by molar-refractivity contribution is 1.52. The molecule has 8 N–H and O–H groups in total. The molecule has 4 aromatic rings. The van der Waals surface area contributed by atoms with Gasteiger partial charge >= 0.3 is 0 Å². The maximum absolute atomic E-state index is 5.73. The number of anilines is 4. The topological polar surface area (TPSA) is 104 Å². The van der Waals surface area contributed by atoms with E-state index in [-0.39, 0.29) is 13.5 Å². The van der Waals surface area contributed by atoms with Gasteiger partial charge in [0.1, 0.15) is 0 Å². The fourth-order valence-electron chi connectivity index (χ4n) is 3.95. The molecule has 0 aromatic heterocycles. The predicted molar refractivity (Wildman–Crippen MR) is 130 cm³/mol. The van der Waals surface area contributed by atoms with Crippen LogP contribution in [0.2, 0.25) is 0 Å². The average Bonchev–Trinajstić information content (AvgIpc) is 2.67. The van der Waals surface area contributed by atoms with Gasteiger partial charge in [-0.25, -0.2) is 0 Å². The second-order valence-electron chi connectivity index (χ2n) is 7.22. The van der Waals surface area contributed by atoms with Crippen molar-refractivity contribution < 1.29 is 0 Å². The quantitative estimate of drug-likeness (QED) is 0.267. The van der Waals surface area contributed by atoms with Crippen LogP contribution >= 0.6 is 13.5 Å². The molecule has 2 aliphatic carbocycles. The van der Waals surface area contributed by atoms with Gasteiger partial charge in [-0.15, -0.1) is 0 Å². The van der Waals surface area contributed by atoms with Gasteiger partial charge in [-0.2, -0.15) is 13.5 Å².